The second kappa shape index (κ2) is 13.2. The maximum Gasteiger partial charge on any atom is 0.165 e. The van der Waals surface area contributed by atoms with Crippen molar-refractivity contribution in [1.82, 2.24) is 0 Å². The Labute approximate surface area is 202 Å². The molecular formula is C31H45FO. The van der Waals surface area contributed by atoms with E-state index in [0.717, 1.165) is 35.8 Å². The lowest BCUT2D eigenvalue weighted by Gasteiger charge is -2.32. The molecule has 3 rings (SSSR count). The van der Waals surface area contributed by atoms with Gasteiger partial charge in [0, 0.05) is 0 Å². The highest BCUT2D eigenvalue weighted by Crippen LogP contribution is 2.40. The fourth-order valence-corrected chi connectivity index (χ4v) is 5.57. The number of halogens is 1. The summed E-state index contributed by atoms with van der Waals surface area (Å²) in [6.45, 7) is 8.99. The van der Waals surface area contributed by atoms with Crippen molar-refractivity contribution in [1.29, 1.82) is 0 Å². The minimum Gasteiger partial charge on any atom is -0.488 e. The Bertz CT molecular complexity index is 819. The van der Waals surface area contributed by atoms with Crippen molar-refractivity contribution in [2.75, 3.05) is 0 Å². The number of benzene rings is 2. The molecule has 0 saturated heterocycles. The predicted octanol–water partition coefficient (Wildman–Crippen LogP) is 9.94. The van der Waals surface area contributed by atoms with Crippen LogP contribution in [0.1, 0.15) is 110 Å². The zero-order valence-corrected chi connectivity index (χ0v) is 21.4. The normalized spacial score (nSPS) is 20.4. The average Bonchev–Trinajstić information content (AvgIpc) is 2.83. The third-order valence-corrected chi connectivity index (χ3v) is 7.76. The lowest BCUT2D eigenvalue weighted by Crippen LogP contribution is -2.19. The molecule has 2 unspecified atom stereocenters. The minimum absolute atomic E-state index is 0.0431. The lowest BCUT2D eigenvalue weighted by atomic mass is 9.73. The summed E-state index contributed by atoms with van der Waals surface area (Å²) in [6, 6.07) is 14.2. The van der Waals surface area contributed by atoms with E-state index in [1.807, 2.05) is 13.0 Å². The van der Waals surface area contributed by atoms with Crippen molar-refractivity contribution in [2.45, 2.75) is 110 Å². The molecule has 0 N–H and O–H groups in total. The number of hydrogen-bond donors (Lipinski definition) is 0. The van der Waals surface area contributed by atoms with Crippen LogP contribution in [0.4, 0.5) is 4.39 Å². The van der Waals surface area contributed by atoms with Crippen LogP contribution in [0, 0.1) is 17.7 Å². The minimum atomic E-state index is -0.267. The number of ether oxygens (including phenoxy) is 1. The Morgan fingerprint density at radius 2 is 1.52 bits per heavy atom. The van der Waals surface area contributed by atoms with Crippen LogP contribution in [0.2, 0.25) is 0 Å². The van der Waals surface area contributed by atoms with Gasteiger partial charge in [-0.1, -0.05) is 83.2 Å². The molecule has 2 atom stereocenters. The fraction of sp³-hybridized carbons (Fsp3) is 0.613. The van der Waals surface area contributed by atoms with Gasteiger partial charge in [0.1, 0.15) is 0 Å². The van der Waals surface area contributed by atoms with E-state index in [1.165, 1.54) is 63.4 Å². The SMILES string of the molecule is CCCCCCC(C)Oc1ccc(-c2ccc(C3CCC(C(C)CCC)CC3)cc2)cc1F. The van der Waals surface area contributed by atoms with Crippen molar-refractivity contribution in [2.24, 2.45) is 11.8 Å². The van der Waals surface area contributed by atoms with Crippen LogP contribution in [-0.4, -0.2) is 6.10 Å². The van der Waals surface area contributed by atoms with Gasteiger partial charge in [0.05, 0.1) is 6.10 Å². The summed E-state index contributed by atoms with van der Waals surface area (Å²) in [6.07, 6.45) is 13.8. The van der Waals surface area contributed by atoms with E-state index >= 15 is 0 Å². The van der Waals surface area contributed by atoms with Gasteiger partial charge in [-0.25, -0.2) is 4.39 Å². The van der Waals surface area contributed by atoms with E-state index in [4.69, 9.17) is 4.74 Å². The molecule has 0 radical (unpaired) electrons. The van der Waals surface area contributed by atoms with Gasteiger partial charge >= 0.3 is 0 Å². The topological polar surface area (TPSA) is 9.23 Å². The Hall–Kier alpha value is -1.83. The van der Waals surface area contributed by atoms with Gasteiger partial charge in [0.15, 0.2) is 11.6 Å². The molecule has 0 heterocycles. The van der Waals surface area contributed by atoms with Gasteiger partial charge < -0.3 is 4.74 Å². The highest BCUT2D eigenvalue weighted by molar-refractivity contribution is 5.64. The van der Waals surface area contributed by atoms with Crippen LogP contribution >= 0.6 is 0 Å². The van der Waals surface area contributed by atoms with E-state index in [1.54, 1.807) is 12.1 Å². The zero-order valence-electron chi connectivity index (χ0n) is 21.4. The summed E-state index contributed by atoms with van der Waals surface area (Å²) in [4.78, 5) is 0. The monoisotopic (exact) mass is 452 g/mol. The van der Waals surface area contributed by atoms with Gasteiger partial charge in [-0.2, -0.15) is 0 Å². The van der Waals surface area contributed by atoms with Crippen molar-refractivity contribution in [3.8, 4) is 16.9 Å². The summed E-state index contributed by atoms with van der Waals surface area (Å²) in [5.74, 6) is 2.55. The molecule has 0 bridgehead atoms. The van der Waals surface area contributed by atoms with E-state index in [2.05, 4.69) is 45.0 Å². The van der Waals surface area contributed by atoms with E-state index in [9.17, 15) is 4.39 Å². The Morgan fingerprint density at radius 3 is 2.15 bits per heavy atom. The molecule has 0 amide bonds. The van der Waals surface area contributed by atoms with Gasteiger partial charge in [0.25, 0.3) is 0 Å². The molecule has 1 aliphatic rings. The smallest absolute Gasteiger partial charge is 0.165 e. The largest absolute Gasteiger partial charge is 0.488 e. The Morgan fingerprint density at radius 1 is 0.818 bits per heavy atom. The highest BCUT2D eigenvalue weighted by Gasteiger charge is 2.25. The molecule has 33 heavy (non-hydrogen) atoms. The Balaban J connectivity index is 1.55. The maximum absolute atomic E-state index is 14.7. The molecule has 2 aromatic carbocycles. The van der Waals surface area contributed by atoms with Gasteiger partial charge in [-0.15, -0.1) is 0 Å². The zero-order chi connectivity index (χ0) is 23.6. The van der Waals surface area contributed by atoms with Crippen LogP contribution in [0.5, 0.6) is 5.75 Å². The first-order valence-electron chi connectivity index (χ1n) is 13.6. The van der Waals surface area contributed by atoms with Crippen molar-refractivity contribution in [3.63, 3.8) is 0 Å². The molecule has 1 aliphatic carbocycles. The first-order valence-corrected chi connectivity index (χ1v) is 13.6. The molecule has 1 nitrogen and oxygen atoms in total. The van der Waals surface area contributed by atoms with Gasteiger partial charge in [-0.3, -0.25) is 0 Å². The standard InChI is InChI=1S/C31H45FO/c1-5-7-8-9-11-24(4)33-31-21-20-29(22-30(31)32)28-18-16-27(17-19-28)26-14-12-25(13-15-26)23(3)10-6-2/h16-26H,5-15H2,1-4H3. The van der Waals surface area contributed by atoms with Crippen LogP contribution in [0.3, 0.4) is 0 Å². The van der Waals surface area contributed by atoms with E-state index < -0.39 is 0 Å². The van der Waals surface area contributed by atoms with E-state index in [0.29, 0.717) is 11.7 Å². The molecule has 1 saturated carbocycles. The van der Waals surface area contributed by atoms with Crippen molar-refractivity contribution >= 4 is 0 Å². The third kappa shape index (κ3) is 7.59. The quantitative estimate of drug-likeness (QED) is 0.291. The molecule has 0 aliphatic heterocycles. The van der Waals surface area contributed by atoms with Crippen LogP contribution in [-0.2, 0) is 0 Å². The predicted molar refractivity (Wildman–Crippen MR) is 139 cm³/mol. The second-order valence-electron chi connectivity index (χ2n) is 10.4. The summed E-state index contributed by atoms with van der Waals surface area (Å²) >= 11 is 0. The van der Waals surface area contributed by atoms with Gasteiger partial charge in [-0.05, 0) is 92.0 Å². The molecule has 2 heteroatoms. The molecule has 0 aromatic heterocycles. The number of unbranched alkanes of at least 4 members (excludes halogenated alkanes) is 3. The third-order valence-electron chi connectivity index (χ3n) is 7.76. The summed E-state index contributed by atoms with van der Waals surface area (Å²) in [7, 11) is 0. The lowest BCUT2D eigenvalue weighted by molar-refractivity contribution is 0.197. The molecular weight excluding hydrogens is 407 g/mol. The average molecular weight is 453 g/mol. The van der Waals surface area contributed by atoms with Gasteiger partial charge in [0.2, 0.25) is 0 Å². The second-order valence-corrected chi connectivity index (χ2v) is 10.4. The molecule has 1 fully saturated rings. The number of rotatable bonds is 12. The van der Waals surface area contributed by atoms with Crippen LogP contribution in [0.25, 0.3) is 11.1 Å². The highest BCUT2D eigenvalue weighted by atomic mass is 19.1. The first kappa shape index (κ1) is 25.8. The van der Waals surface area contributed by atoms with Crippen LogP contribution in [0.15, 0.2) is 42.5 Å². The van der Waals surface area contributed by atoms with Crippen molar-refractivity contribution < 1.29 is 9.13 Å². The van der Waals surface area contributed by atoms with Crippen LogP contribution < -0.4 is 4.74 Å². The maximum atomic E-state index is 14.7. The molecule has 2 aromatic rings. The number of hydrogen-bond acceptors (Lipinski definition) is 1. The summed E-state index contributed by atoms with van der Waals surface area (Å²) in [5, 5.41) is 0. The molecule has 182 valence electrons. The van der Waals surface area contributed by atoms with E-state index in [-0.39, 0.29) is 11.9 Å². The molecule has 0 spiro atoms. The Kier molecular flexibility index (Phi) is 10.3. The fourth-order valence-electron chi connectivity index (χ4n) is 5.57. The summed E-state index contributed by atoms with van der Waals surface area (Å²) < 4.78 is 20.6. The summed E-state index contributed by atoms with van der Waals surface area (Å²) in [5.41, 5.74) is 3.43. The van der Waals surface area contributed by atoms with Crippen molar-refractivity contribution in [3.05, 3.63) is 53.8 Å². The first-order chi connectivity index (χ1) is 16.0.